The van der Waals surface area contributed by atoms with Crippen molar-refractivity contribution >= 4 is 17.3 Å². The normalized spacial score (nSPS) is 11.3. The van der Waals surface area contributed by atoms with Gasteiger partial charge in [-0.25, -0.2) is 9.18 Å². The van der Waals surface area contributed by atoms with Gasteiger partial charge in [-0.15, -0.1) is 10.2 Å². The third kappa shape index (κ3) is 5.03. The number of aromatic nitrogens is 4. The molecule has 0 saturated carbocycles. The lowest BCUT2D eigenvalue weighted by Crippen LogP contribution is -2.06. The van der Waals surface area contributed by atoms with Gasteiger partial charge in [-0.2, -0.15) is 18.0 Å². The molecule has 0 amide bonds. The summed E-state index contributed by atoms with van der Waals surface area (Å²) in [5.41, 5.74) is 0.493. The molecule has 0 bridgehead atoms. The molecular formula is C23H17F4N5O2. The highest BCUT2D eigenvalue weighted by atomic mass is 19.4. The van der Waals surface area contributed by atoms with Crippen molar-refractivity contribution in [3.05, 3.63) is 89.2 Å². The maximum Gasteiger partial charge on any atom is 0.416 e. The van der Waals surface area contributed by atoms with Gasteiger partial charge in [-0.05, 0) is 47.7 Å². The first-order valence-electron chi connectivity index (χ1n) is 9.93. The molecule has 0 aliphatic carbocycles. The summed E-state index contributed by atoms with van der Waals surface area (Å²) in [4.78, 5) is 13.2. The van der Waals surface area contributed by atoms with Crippen LogP contribution in [0.2, 0.25) is 0 Å². The molecule has 7 nitrogen and oxygen atoms in total. The Morgan fingerprint density at radius 3 is 2.59 bits per heavy atom. The van der Waals surface area contributed by atoms with Crippen LogP contribution in [0.25, 0.3) is 11.4 Å². The second-order valence-electron chi connectivity index (χ2n) is 7.19. The fraction of sp³-hybridized carbons (Fsp3) is 0.130. The number of tetrazole rings is 1. The molecule has 4 aromatic rings. The van der Waals surface area contributed by atoms with Crippen molar-refractivity contribution in [2.45, 2.75) is 12.7 Å². The predicted octanol–water partition coefficient (Wildman–Crippen LogP) is 5.08. The van der Waals surface area contributed by atoms with E-state index in [2.05, 4.69) is 20.7 Å². The van der Waals surface area contributed by atoms with E-state index in [1.165, 1.54) is 48.3 Å². The van der Waals surface area contributed by atoms with Crippen LogP contribution in [0.1, 0.15) is 21.5 Å². The van der Waals surface area contributed by atoms with Crippen molar-refractivity contribution in [1.29, 1.82) is 0 Å². The topological polar surface area (TPSA) is 81.9 Å². The number of anilines is 2. The van der Waals surface area contributed by atoms with Gasteiger partial charge in [-0.1, -0.05) is 24.3 Å². The van der Waals surface area contributed by atoms with Gasteiger partial charge in [-0.3, -0.25) is 0 Å². The van der Waals surface area contributed by atoms with Crippen LogP contribution >= 0.6 is 0 Å². The van der Waals surface area contributed by atoms with Crippen molar-refractivity contribution in [3.63, 3.8) is 0 Å². The molecule has 1 heterocycles. The van der Waals surface area contributed by atoms with E-state index >= 15 is 0 Å². The minimum atomic E-state index is -4.51. The van der Waals surface area contributed by atoms with Gasteiger partial charge < -0.3 is 10.1 Å². The number of rotatable bonds is 6. The van der Waals surface area contributed by atoms with Gasteiger partial charge >= 0.3 is 12.1 Å². The van der Waals surface area contributed by atoms with Crippen molar-refractivity contribution < 1.29 is 27.1 Å². The Bertz CT molecular complexity index is 1340. The predicted molar refractivity (Wildman–Crippen MR) is 115 cm³/mol. The fourth-order valence-electron chi connectivity index (χ4n) is 3.21. The van der Waals surface area contributed by atoms with Gasteiger partial charge in [0.2, 0.25) is 5.82 Å². The van der Waals surface area contributed by atoms with Crippen LogP contribution in [-0.2, 0) is 17.5 Å². The molecule has 1 N–H and O–H groups in total. The summed E-state index contributed by atoms with van der Waals surface area (Å²) in [5.74, 6) is -0.969. The highest BCUT2D eigenvalue weighted by molar-refractivity contribution is 5.93. The number of hydrogen-bond donors (Lipinski definition) is 1. The first kappa shape index (κ1) is 22.9. The van der Waals surface area contributed by atoms with E-state index < -0.39 is 23.5 Å². The number of alkyl halides is 3. The van der Waals surface area contributed by atoms with Crippen LogP contribution in [0.3, 0.4) is 0 Å². The van der Waals surface area contributed by atoms with Crippen LogP contribution in [0.5, 0.6) is 0 Å². The Hall–Kier alpha value is -4.28. The summed E-state index contributed by atoms with van der Waals surface area (Å²) in [6.07, 6.45) is -4.51. The van der Waals surface area contributed by atoms with Crippen LogP contribution in [0.15, 0.2) is 66.7 Å². The van der Waals surface area contributed by atoms with Crippen molar-refractivity contribution in [2.24, 2.45) is 0 Å². The van der Waals surface area contributed by atoms with E-state index in [4.69, 9.17) is 4.74 Å². The summed E-state index contributed by atoms with van der Waals surface area (Å²) in [7, 11) is 1.22. The summed E-state index contributed by atoms with van der Waals surface area (Å²) in [6, 6.07) is 15.2. The van der Waals surface area contributed by atoms with Crippen molar-refractivity contribution in [1.82, 2.24) is 20.2 Å². The average Bonchev–Trinajstić information content (AvgIpc) is 3.28. The van der Waals surface area contributed by atoms with Gasteiger partial charge in [0.05, 0.1) is 24.8 Å². The molecule has 11 heteroatoms. The van der Waals surface area contributed by atoms with E-state index in [1.807, 2.05) is 0 Å². The number of carbonyl (C=O) groups is 1. The zero-order chi connectivity index (χ0) is 24.3. The summed E-state index contributed by atoms with van der Waals surface area (Å²) < 4.78 is 58.0. The maximum absolute atomic E-state index is 14.0. The van der Waals surface area contributed by atoms with Gasteiger partial charge in [0, 0.05) is 22.5 Å². The minimum absolute atomic E-state index is 0.00670. The smallest absolute Gasteiger partial charge is 0.416 e. The monoisotopic (exact) mass is 471 g/mol. The standard InChI is InChI=1S/C23H17F4N5O2/c1-34-22(33)14-9-10-20(28-17-7-4-6-16(12-17)23(25,26)27)18(11-14)21-29-31-32(30-21)13-15-5-2-3-8-19(15)24/h2-12,28H,13H2,1H3. The number of esters is 1. The summed E-state index contributed by atoms with van der Waals surface area (Å²) >= 11 is 0. The lowest BCUT2D eigenvalue weighted by Gasteiger charge is -2.13. The molecule has 34 heavy (non-hydrogen) atoms. The Kier molecular flexibility index (Phi) is 6.26. The fourth-order valence-corrected chi connectivity index (χ4v) is 3.21. The number of benzene rings is 3. The molecule has 0 unspecified atom stereocenters. The van der Waals surface area contributed by atoms with Crippen molar-refractivity contribution in [3.8, 4) is 11.4 Å². The van der Waals surface area contributed by atoms with Crippen LogP contribution in [0, 0.1) is 5.82 Å². The Morgan fingerprint density at radius 1 is 1.06 bits per heavy atom. The van der Waals surface area contributed by atoms with Gasteiger partial charge in [0.1, 0.15) is 5.82 Å². The molecule has 0 fully saturated rings. The lowest BCUT2D eigenvalue weighted by molar-refractivity contribution is -0.137. The highest BCUT2D eigenvalue weighted by Gasteiger charge is 2.30. The maximum atomic E-state index is 14.0. The zero-order valence-corrected chi connectivity index (χ0v) is 17.7. The van der Waals surface area contributed by atoms with Gasteiger partial charge in [0.25, 0.3) is 0 Å². The van der Waals surface area contributed by atoms with Crippen LogP contribution in [0.4, 0.5) is 28.9 Å². The molecular weight excluding hydrogens is 454 g/mol. The van der Waals surface area contributed by atoms with Crippen LogP contribution < -0.4 is 5.32 Å². The number of nitrogens with one attached hydrogen (secondary N) is 1. The molecule has 4 rings (SSSR count). The van der Waals surface area contributed by atoms with E-state index in [1.54, 1.807) is 18.2 Å². The molecule has 1 aromatic heterocycles. The Labute approximate surface area is 191 Å². The highest BCUT2D eigenvalue weighted by Crippen LogP contribution is 2.33. The SMILES string of the molecule is COC(=O)c1ccc(Nc2cccc(C(F)(F)F)c2)c(-c2nnn(Cc3ccccc3F)n2)c1. The summed E-state index contributed by atoms with van der Waals surface area (Å²) in [5, 5.41) is 15.1. The van der Waals surface area contributed by atoms with E-state index in [-0.39, 0.29) is 23.6 Å². The zero-order valence-electron chi connectivity index (χ0n) is 17.7. The third-order valence-electron chi connectivity index (χ3n) is 4.87. The molecule has 3 aromatic carbocycles. The molecule has 0 aliphatic heterocycles. The number of methoxy groups -OCH3 is 1. The largest absolute Gasteiger partial charge is 0.465 e. The van der Waals surface area contributed by atoms with Crippen LogP contribution in [-0.4, -0.2) is 33.3 Å². The first-order chi connectivity index (χ1) is 16.2. The number of hydrogen-bond acceptors (Lipinski definition) is 6. The second-order valence-corrected chi connectivity index (χ2v) is 7.19. The van der Waals surface area contributed by atoms with Gasteiger partial charge in [0.15, 0.2) is 0 Å². The molecule has 0 radical (unpaired) electrons. The van der Waals surface area contributed by atoms with E-state index in [0.29, 0.717) is 16.8 Å². The first-order valence-corrected chi connectivity index (χ1v) is 9.93. The van der Waals surface area contributed by atoms with E-state index in [9.17, 15) is 22.4 Å². The summed E-state index contributed by atoms with van der Waals surface area (Å²) in [6.45, 7) is 0.00670. The third-order valence-corrected chi connectivity index (χ3v) is 4.87. The molecule has 0 atom stereocenters. The number of halogens is 4. The van der Waals surface area contributed by atoms with Crippen molar-refractivity contribution in [2.75, 3.05) is 12.4 Å². The molecule has 0 saturated heterocycles. The Morgan fingerprint density at radius 2 is 1.85 bits per heavy atom. The average molecular weight is 471 g/mol. The lowest BCUT2D eigenvalue weighted by atomic mass is 10.1. The van der Waals surface area contributed by atoms with E-state index in [0.717, 1.165) is 12.1 Å². The number of ether oxygens (including phenoxy) is 1. The molecule has 0 aliphatic rings. The quantitative estimate of drug-likeness (QED) is 0.312. The second kappa shape index (κ2) is 9.30. The number of carbonyl (C=O) groups excluding carboxylic acids is 1. The number of nitrogens with zero attached hydrogens (tertiary/aromatic N) is 4. The minimum Gasteiger partial charge on any atom is -0.465 e. The Balaban J connectivity index is 1.70. The molecule has 0 spiro atoms. The molecule has 174 valence electrons.